The van der Waals surface area contributed by atoms with Gasteiger partial charge in [-0.25, -0.2) is 0 Å². The van der Waals surface area contributed by atoms with Crippen LogP contribution < -0.4 is 20.1 Å². The highest BCUT2D eigenvalue weighted by Crippen LogP contribution is 2.28. The summed E-state index contributed by atoms with van der Waals surface area (Å²) in [7, 11) is 0. The molecule has 3 N–H and O–H groups in total. The van der Waals surface area contributed by atoms with Crippen LogP contribution in [0.3, 0.4) is 0 Å². The van der Waals surface area contributed by atoms with Gasteiger partial charge >= 0.3 is 0 Å². The zero-order valence-electron chi connectivity index (χ0n) is 19.4. The topological polar surface area (TPSA) is 78.4 Å². The van der Waals surface area contributed by atoms with Crippen molar-refractivity contribution in [3.8, 4) is 11.5 Å². The largest absolute Gasteiger partial charge is 0.490 e. The molecule has 2 rings (SSSR count). The number of piperidine rings is 1. The van der Waals surface area contributed by atoms with Crippen LogP contribution in [0.15, 0.2) is 23.2 Å². The van der Waals surface area contributed by atoms with E-state index in [0.29, 0.717) is 13.2 Å². The van der Waals surface area contributed by atoms with E-state index in [4.69, 9.17) is 14.5 Å². The number of hydrogen-bond donors (Lipinski definition) is 3. The van der Waals surface area contributed by atoms with Gasteiger partial charge in [0, 0.05) is 32.7 Å². The van der Waals surface area contributed by atoms with Crippen LogP contribution in [-0.4, -0.2) is 74.6 Å². The Bertz CT molecular complexity index is 637. The second-order valence-corrected chi connectivity index (χ2v) is 7.51. The van der Waals surface area contributed by atoms with E-state index in [9.17, 15) is 5.11 Å². The van der Waals surface area contributed by atoms with Gasteiger partial charge in [-0.2, -0.15) is 0 Å². The molecule has 1 aliphatic rings. The highest BCUT2D eigenvalue weighted by Gasteiger charge is 2.15. The van der Waals surface area contributed by atoms with E-state index < -0.39 is 0 Å². The molecule has 0 aromatic heterocycles. The number of rotatable bonds is 12. The molecule has 1 fully saturated rings. The van der Waals surface area contributed by atoms with Gasteiger partial charge in [0.05, 0.1) is 19.3 Å². The Labute approximate surface area is 205 Å². The van der Waals surface area contributed by atoms with Gasteiger partial charge in [-0.1, -0.05) is 6.07 Å². The van der Waals surface area contributed by atoms with Crippen LogP contribution in [0, 0.1) is 0 Å². The molecule has 0 radical (unpaired) electrons. The number of nitrogens with one attached hydrogen (secondary N) is 2. The van der Waals surface area contributed by atoms with Crippen LogP contribution in [0.5, 0.6) is 11.5 Å². The van der Waals surface area contributed by atoms with Gasteiger partial charge in [0.25, 0.3) is 0 Å². The molecule has 8 heteroatoms. The van der Waals surface area contributed by atoms with Crippen molar-refractivity contribution in [3.05, 3.63) is 23.8 Å². The van der Waals surface area contributed by atoms with Gasteiger partial charge in [-0.3, -0.25) is 4.99 Å². The summed E-state index contributed by atoms with van der Waals surface area (Å²) in [5, 5.41) is 16.3. The van der Waals surface area contributed by atoms with Gasteiger partial charge in [0.1, 0.15) is 0 Å². The van der Waals surface area contributed by atoms with E-state index in [0.717, 1.165) is 82.4 Å². The van der Waals surface area contributed by atoms with Crippen LogP contribution >= 0.6 is 24.0 Å². The minimum atomic E-state index is -0.108. The van der Waals surface area contributed by atoms with Gasteiger partial charge in [0.15, 0.2) is 17.5 Å². The molecule has 0 bridgehead atoms. The second kappa shape index (κ2) is 16.4. The third kappa shape index (κ3) is 10.7. The van der Waals surface area contributed by atoms with Crippen molar-refractivity contribution in [1.29, 1.82) is 0 Å². The molecule has 0 atom stereocenters. The number of aliphatic hydroxyl groups excluding tert-OH is 1. The van der Waals surface area contributed by atoms with E-state index in [1.54, 1.807) is 0 Å². The van der Waals surface area contributed by atoms with E-state index in [1.165, 1.54) is 5.56 Å². The molecule has 1 saturated heterocycles. The molecule has 0 aliphatic carbocycles. The van der Waals surface area contributed by atoms with Crippen molar-refractivity contribution >= 4 is 29.9 Å². The van der Waals surface area contributed by atoms with E-state index in [-0.39, 0.29) is 30.1 Å². The Hall–Kier alpha value is -1.26. The second-order valence-electron chi connectivity index (χ2n) is 7.51. The van der Waals surface area contributed by atoms with Crippen LogP contribution in [-0.2, 0) is 6.42 Å². The number of benzene rings is 1. The predicted molar refractivity (Wildman–Crippen MR) is 138 cm³/mol. The quantitative estimate of drug-likeness (QED) is 0.161. The minimum absolute atomic E-state index is 0. The number of aliphatic imine (C=N–C) groups is 1. The van der Waals surface area contributed by atoms with Crippen LogP contribution in [0.1, 0.15) is 45.6 Å². The highest BCUT2D eigenvalue weighted by atomic mass is 127. The van der Waals surface area contributed by atoms with Crippen molar-refractivity contribution in [2.45, 2.75) is 52.6 Å². The Morgan fingerprint density at radius 3 is 2.48 bits per heavy atom. The first-order chi connectivity index (χ1) is 14.7. The highest BCUT2D eigenvalue weighted by molar-refractivity contribution is 14.0. The maximum atomic E-state index is 9.60. The third-order valence-electron chi connectivity index (χ3n) is 5.12. The van der Waals surface area contributed by atoms with Gasteiger partial charge in [-0.15, -0.1) is 24.0 Å². The molecular weight excluding hydrogens is 507 g/mol. The summed E-state index contributed by atoms with van der Waals surface area (Å²) in [4.78, 5) is 7.12. The summed E-state index contributed by atoms with van der Waals surface area (Å²) < 4.78 is 11.4. The van der Waals surface area contributed by atoms with E-state index in [2.05, 4.69) is 34.6 Å². The zero-order chi connectivity index (χ0) is 21.6. The first-order valence-corrected chi connectivity index (χ1v) is 11.5. The van der Waals surface area contributed by atoms with Crippen molar-refractivity contribution in [3.63, 3.8) is 0 Å². The number of guanidine groups is 1. The van der Waals surface area contributed by atoms with E-state index >= 15 is 0 Å². The molecule has 1 aliphatic heterocycles. The maximum absolute atomic E-state index is 9.60. The first kappa shape index (κ1) is 27.8. The molecule has 31 heavy (non-hydrogen) atoms. The fourth-order valence-corrected chi connectivity index (χ4v) is 3.55. The lowest BCUT2D eigenvalue weighted by molar-refractivity contribution is 0.0824. The molecule has 0 saturated carbocycles. The summed E-state index contributed by atoms with van der Waals surface area (Å²) in [6.07, 6.45) is 3.59. The lowest BCUT2D eigenvalue weighted by atomic mass is 10.1. The third-order valence-corrected chi connectivity index (χ3v) is 5.12. The van der Waals surface area contributed by atoms with E-state index in [1.807, 2.05) is 19.9 Å². The number of hydrogen-bond acceptors (Lipinski definition) is 5. The molecule has 1 aromatic rings. The lowest BCUT2D eigenvalue weighted by Crippen LogP contribution is -2.39. The number of ether oxygens (including phenoxy) is 2. The average molecular weight is 549 g/mol. The Kier molecular flexibility index (Phi) is 14.7. The molecule has 0 amide bonds. The standard InChI is InChI=1S/C23H40N4O3.HI/c1-4-24-23(25-13-7-15-27-16-11-20(28)12-17-27)26-14-10-19-8-9-21(29-5-2)22(18-19)30-6-3;/h8-9,18,20,28H,4-7,10-17H2,1-3H3,(H2,24,25,26);1H. The summed E-state index contributed by atoms with van der Waals surface area (Å²) >= 11 is 0. The van der Waals surface area contributed by atoms with Crippen LogP contribution in [0.4, 0.5) is 0 Å². The van der Waals surface area contributed by atoms with Crippen LogP contribution in [0.25, 0.3) is 0 Å². The Balaban J connectivity index is 0.00000480. The number of halogens is 1. The zero-order valence-corrected chi connectivity index (χ0v) is 21.7. The van der Waals surface area contributed by atoms with Gasteiger partial charge in [-0.05, 0) is 70.7 Å². The number of likely N-dealkylation sites (tertiary alicyclic amines) is 1. The lowest BCUT2D eigenvalue weighted by Gasteiger charge is -2.29. The van der Waals surface area contributed by atoms with Crippen molar-refractivity contribution in [2.75, 3.05) is 52.5 Å². The normalized spacial score (nSPS) is 15.3. The predicted octanol–water partition coefficient (Wildman–Crippen LogP) is 3.05. The number of aliphatic hydroxyl groups is 1. The fourth-order valence-electron chi connectivity index (χ4n) is 3.55. The van der Waals surface area contributed by atoms with Gasteiger partial charge in [0.2, 0.25) is 0 Å². The molecular formula is C23H41IN4O3. The van der Waals surface area contributed by atoms with Crippen molar-refractivity contribution in [1.82, 2.24) is 15.5 Å². The summed E-state index contributed by atoms with van der Waals surface area (Å²) in [5.41, 5.74) is 1.21. The SMILES string of the molecule is CCNC(=NCCCN1CCC(O)CC1)NCCc1ccc(OCC)c(OCC)c1.I. The van der Waals surface area contributed by atoms with Crippen molar-refractivity contribution in [2.24, 2.45) is 4.99 Å². The fraction of sp³-hybridized carbons (Fsp3) is 0.696. The first-order valence-electron chi connectivity index (χ1n) is 11.5. The maximum Gasteiger partial charge on any atom is 0.191 e. The molecule has 1 heterocycles. The smallest absolute Gasteiger partial charge is 0.191 e. The van der Waals surface area contributed by atoms with Crippen molar-refractivity contribution < 1.29 is 14.6 Å². The Morgan fingerprint density at radius 2 is 1.81 bits per heavy atom. The van der Waals surface area contributed by atoms with Crippen LogP contribution in [0.2, 0.25) is 0 Å². The molecule has 0 spiro atoms. The molecule has 1 aromatic carbocycles. The summed E-state index contributed by atoms with van der Waals surface area (Å²) in [6.45, 7) is 12.8. The minimum Gasteiger partial charge on any atom is -0.490 e. The Morgan fingerprint density at radius 1 is 1.10 bits per heavy atom. The summed E-state index contributed by atoms with van der Waals surface area (Å²) in [5.74, 6) is 2.47. The monoisotopic (exact) mass is 548 g/mol. The summed E-state index contributed by atoms with van der Waals surface area (Å²) in [6, 6.07) is 6.15. The number of nitrogens with zero attached hydrogens (tertiary/aromatic N) is 2. The van der Waals surface area contributed by atoms with Gasteiger partial charge < -0.3 is 30.1 Å². The molecule has 178 valence electrons. The average Bonchev–Trinajstić information content (AvgIpc) is 2.74. The molecule has 0 unspecified atom stereocenters. The molecule has 7 nitrogen and oxygen atoms in total.